The monoisotopic (exact) mass is 428 g/mol. The van der Waals surface area contributed by atoms with Gasteiger partial charge < -0.3 is 21.1 Å². The lowest BCUT2D eigenvalue weighted by atomic mass is 10.1. The molecule has 1 heterocycles. The maximum absolute atomic E-state index is 12.3. The molecule has 0 spiro atoms. The second-order valence-corrected chi connectivity index (χ2v) is 6.48. The van der Waals surface area contributed by atoms with Crippen molar-refractivity contribution in [3.63, 3.8) is 0 Å². The summed E-state index contributed by atoms with van der Waals surface area (Å²) >= 11 is 6.01. The largest absolute Gasteiger partial charge is 0.452 e. The standard InChI is InChI=1S/C19H17ClN6O4/c20-14-5-6-16(26-11-22-10-24-26)15(7-14)25-17(27)9-30-18(28)13-3-1-12(2-4-13)8-23-19(21)29/h1-7,10-11H,8-9H2,(H,25,27)(H3,21,23,29). The van der Waals surface area contributed by atoms with Gasteiger partial charge in [-0.15, -0.1) is 0 Å². The Balaban J connectivity index is 1.58. The van der Waals surface area contributed by atoms with Crippen LogP contribution >= 0.6 is 11.6 Å². The van der Waals surface area contributed by atoms with Crippen molar-refractivity contribution in [2.24, 2.45) is 5.73 Å². The first kappa shape index (κ1) is 20.8. The number of anilines is 1. The summed E-state index contributed by atoms with van der Waals surface area (Å²) in [6.45, 7) is -0.256. The molecule has 0 saturated carbocycles. The van der Waals surface area contributed by atoms with Gasteiger partial charge in [-0.2, -0.15) is 5.10 Å². The zero-order chi connectivity index (χ0) is 21.5. The number of benzene rings is 2. The quantitative estimate of drug-likeness (QED) is 0.490. The molecule has 3 aromatic rings. The summed E-state index contributed by atoms with van der Waals surface area (Å²) in [5.41, 5.74) is 6.97. The normalized spacial score (nSPS) is 10.3. The molecule has 1 aromatic heterocycles. The Hall–Kier alpha value is -3.92. The predicted octanol–water partition coefficient (Wildman–Crippen LogP) is 1.88. The topological polar surface area (TPSA) is 141 Å². The zero-order valence-electron chi connectivity index (χ0n) is 15.5. The summed E-state index contributed by atoms with van der Waals surface area (Å²) in [5.74, 6) is -1.21. The van der Waals surface area contributed by atoms with Crippen LogP contribution in [-0.2, 0) is 16.1 Å². The highest BCUT2D eigenvalue weighted by molar-refractivity contribution is 6.31. The predicted molar refractivity (Wildman–Crippen MR) is 108 cm³/mol. The van der Waals surface area contributed by atoms with Crippen molar-refractivity contribution in [3.05, 3.63) is 71.3 Å². The van der Waals surface area contributed by atoms with E-state index in [-0.39, 0.29) is 12.1 Å². The van der Waals surface area contributed by atoms with Crippen molar-refractivity contribution in [3.8, 4) is 5.69 Å². The number of amides is 3. The summed E-state index contributed by atoms with van der Waals surface area (Å²) in [5, 5.41) is 9.52. The number of rotatable bonds is 7. The number of halogens is 1. The van der Waals surface area contributed by atoms with E-state index < -0.39 is 24.5 Å². The number of carbonyl (C=O) groups is 3. The fourth-order valence-corrected chi connectivity index (χ4v) is 2.66. The number of esters is 1. The van der Waals surface area contributed by atoms with E-state index in [1.54, 1.807) is 30.3 Å². The Morgan fingerprint density at radius 2 is 1.90 bits per heavy atom. The molecule has 0 radical (unpaired) electrons. The highest BCUT2D eigenvalue weighted by Crippen LogP contribution is 2.23. The Morgan fingerprint density at radius 3 is 2.57 bits per heavy atom. The zero-order valence-corrected chi connectivity index (χ0v) is 16.3. The van der Waals surface area contributed by atoms with Crippen LogP contribution in [0.15, 0.2) is 55.1 Å². The molecule has 0 saturated heterocycles. The molecule has 0 bridgehead atoms. The molecule has 2 aromatic carbocycles. The molecule has 154 valence electrons. The molecule has 30 heavy (non-hydrogen) atoms. The Labute approximate surface area is 176 Å². The van der Waals surface area contributed by atoms with Crippen LogP contribution in [0, 0.1) is 0 Å². The van der Waals surface area contributed by atoms with Gasteiger partial charge in [0, 0.05) is 11.6 Å². The smallest absolute Gasteiger partial charge is 0.338 e. The van der Waals surface area contributed by atoms with Gasteiger partial charge in [-0.05, 0) is 35.9 Å². The van der Waals surface area contributed by atoms with E-state index in [1.165, 1.54) is 29.5 Å². The van der Waals surface area contributed by atoms with Crippen LogP contribution in [-0.4, -0.2) is 39.3 Å². The molecule has 0 fully saturated rings. The third-order valence-electron chi connectivity index (χ3n) is 3.89. The van der Waals surface area contributed by atoms with E-state index in [1.807, 2.05) is 0 Å². The highest BCUT2D eigenvalue weighted by atomic mass is 35.5. The van der Waals surface area contributed by atoms with E-state index in [4.69, 9.17) is 22.1 Å². The van der Waals surface area contributed by atoms with E-state index in [0.717, 1.165) is 5.56 Å². The SMILES string of the molecule is NC(=O)NCc1ccc(C(=O)OCC(=O)Nc2cc(Cl)ccc2-n2cncn2)cc1. The molecule has 4 N–H and O–H groups in total. The van der Waals surface area contributed by atoms with Crippen molar-refractivity contribution < 1.29 is 19.1 Å². The van der Waals surface area contributed by atoms with E-state index in [9.17, 15) is 14.4 Å². The van der Waals surface area contributed by atoms with Crippen molar-refractivity contribution in [1.82, 2.24) is 20.1 Å². The fourth-order valence-electron chi connectivity index (χ4n) is 2.49. The number of aromatic nitrogens is 3. The Bertz CT molecular complexity index is 1050. The van der Waals surface area contributed by atoms with Gasteiger partial charge in [0.15, 0.2) is 6.61 Å². The number of nitrogens with two attached hydrogens (primary N) is 1. The van der Waals surface area contributed by atoms with Gasteiger partial charge in [0.25, 0.3) is 5.91 Å². The lowest BCUT2D eigenvalue weighted by Crippen LogP contribution is -2.28. The van der Waals surface area contributed by atoms with Crippen LogP contribution in [0.25, 0.3) is 5.69 Å². The molecule has 0 aliphatic carbocycles. The summed E-state index contributed by atoms with van der Waals surface area (Å²) < 4.78 is 6.52. The van der Waals surface area contributed by atoms with Gasteiger partial charge in [0.1, 0.15) is 12.7 Å². The van der Waals surface area contributed by atoms with Gasteiger partial charge in [0.2, 0.25) is 0 Å². The third-order valence-corrected chi connectivity index (χ3v) is 4.12. The van der Waals surface area contributed by atoms with Crippen LogP contribution in [0.3, 0.4) is 0 Å². The summed E-state index contributed by atoms with van der Waals surface area (Å²) in [7, 11) is 0. The van der Waals surface area contributed by atoms with Gasteiger partial charge in [0.05, 0.1) is 16.9 Å². The first-order valence-corrected chi connectivity index (χ1v) is 9.04. The number of hydrogen-bond donors (Lipinski definition) is 3. The molecule has 3 amide bonds. The number of urea groups is 1. The van der Waals surface area contributed by atoms with Gasteiger partial charge >= 0.3 is 12.0 Å². The minimum absolute atomic E-state index is 0.237. The average Bonchev–Trinajstić information content (AvgIpc) is 3.25. The summed E-state index contributed by atoms with van der Waals surface area (Å²) in [4.78, 5) is 39.0. The van der Waals surface area contributed by atoms with Gasteiger partial charge in [-0.1, -0.05) is 23.7 Å². The van der Waals surface area contributed by atoms with E-state index in [0.29, 0.717) is 16.4 Å². The summed E-state index contributed by atoms with van der Waals surface area (Å²) in [6.07, 6.45) is 2.83. The van der Waals surface area contributed by atoms with Crippen molar-refractivity contribution in [2.75, 3.05) is 11.9 Å². The molecular formula is C19H17ClN6O4. The minimum atomic E-state index is -0.665. The van der Waals surface area contributed by atoms with Crippen molar-refractivity contribution >= 4 is 35.2 Å². The molecule has 0 unspecified atom stereocenters. The molecule has 11 heteroatoms. The van der Waals surface area contributed by atoms with Crippen LogP contribution in [0.2, 0.25) is 5.02 Å². The fraction of sp³-hybridized carbons (Fsp3) is 0.105. The second-order valence-electron chi connectivity index (χ2n) is 6.04. The number of carbonyl (C=O) groups excluding carboxylic acids is 3. The highest BCUT2D eigenvalue weighted by Gasteiger charge is 2.13. The molecular weight excluding hydrogens is 412 g/mol. The maximum Gasteiger partial charge on any atom is 0.338 e. The van der Waals surface area contributed by atoms with E-state index >= 15 is 0 Å². The lowest BCUT2D eigenvalue weighted by molar-refractivity contribution is -0.119. The lowest BCUT2D eigenvalue weighted by Gasteiger charge is -2.11. The number of ether oxygens (including phenoxy) is 1. The Morgan fingerprint density at radius 1 is 1.13 bits per heavy atom. The van der Waals surface area contributed by atoms with E-state index in [2.05, 4.69) is 20.7 Å². The minimum Gasteiger partial charge on any atom is -0.452 e. The van der Waals surface area contributed by atoms with Crippen molar-refractivity contribution in [2.45, 2.75) is 6.54 Å². The molecule has 0 aliphatic rings. The van der Waals surface area contributed by atoms with Crippen LogP contribution < -0.4 is 16.4 Å². The molecule has 10 nitrogen and oxygen atoms in total. The van der Waals surface area contributed by atoms with Gasteiger partial charge in [-0.25, -0.2) is 19.3 Å². The number of nitrogens with one attached hydrogen (secondary N) is 2. The number of primary amides is 1. The van der Waals surface area contributed by atoms with Crippen LogP contribution in [0.1, 0.15) is 15.9 Å². The number of nitrogens with zero attached hydrogens (tertiary/aromatic N) is 3. The molecule has 0 atom stereocenters. The average molecular weight is 429 g/mol. The van der Waals surface area contributed by atoms with Crippen LogP contribution in [0.4, 0.5) is 10.5 Å². The Kier molecular flexibility index (Phi) is 6.60. The third kappa shape index (κ3) is 5.55. The molecule has 0 aliphatic heterocycles. The summed E-state index contributed by atoms with van der Waals surface area (Å²) in [6, 6.07) is 10.6. The first-order valence-electron chi connectivity index (χ1n) is 8.66. The first-order chi connectivity index (χ1) is 14.4. The second kappa shape index (κ2) is 9.52. The molecule has 3 rings (SSSR count). The van der Waals surface area contributed by atoms with Crippen molar-refractivity contribution in [1.29, 1.82) is 0 Å². The van der Waals surface area contributed by atoms with Gasteiger partial charge in [-0.3, -0.25) is 4.79 Å². The maximum atomic E-state index is 12.3. The number of hydrogen-bond acceptors (Lipinski definition) is 6. The van der Waals surface area contributed by atoms with Crippen LogP contribution in [0.5, 0.6) is 0 Å².